The normalized spacial score (nSPS) is 16.6. The minimum Gasteiger partial charge on any atom is -0.260 e. The second kappa shape index (κ2) is 3.41. The SMILES string of the molecule is CC(C)c1cc(C2CC2)c(Br)cn1. The van der Waals surface area contributed by atoms with Gasteiger partial charge in [-0.2, -0.15) is 0 Å². The van der Waals surface area contributed by atoms with Crippen molar-refractivity contribution in [1.29, 1.82) is 0 Å². The van der Waals surface area contributed by atoms with Gasteiger partial charge in [0.25, 0.3) is 0 Å². The Morgan fingerprint density at radius 1 is 1.46 bits per heavy atom. The van der Waals surface area contributed by atoms with E-state index in [2.05, 4.69) is 40.8 Å². The molecule has 0 N–H and O–H groups in total. The number of hydrogen-bond acceptors (Lipinski definition) is 1. The predicted molar refractivity (Wildman–Crippen MR) is 58.0 cm³/mol. The van der Waals surface area contributed by atoms with Crippen LogP contribution in [0.2, 0.25) is 0 Å². The third-order valence-electron chi connectivity index (χ3n) is 2.51. The number of halogens is 1. The van der Waals surface area contributed by atoms with E-state index in [9.17, 15) is 0 Å². The average molecular weight is 240 g/mol. The Balaban J connectivity index is 2.36. The lowest BCUT2D eigenvalue weighted by atomic mass is 10.1. The smallest absolute Gasteiger partial charge is 0.0432 e. The van der Waals surface area contributed by atoms with Crippen LogP contribution in [-0.2, 0) is 0 Å². The molecule has 1 heterocycles. The molecule has 0 aromatic carbocycles. The van der Waals surface area contributed by atoms with E-state index in [1.165, 1.54) is 28.6 Å². The summed E-state index contributed by atoms with van der Waals surface area (Å²) in [5, 5.41) is 0. The van der Waals surface area contributed by atoms with Gasteiger partial charge in [-0.05, 0) is 52.2 Å². The molecule has 2 heteroatoms. The van der Waals surface area contributed by atoms with Crippen molar-refractivity contribution in [1.82, 2.24) is 4.98 Å². The first-order valence-electron chi connectivity index (χ1n) is 4.84. The van der Waals surface area contributed by atoms with Crippen LogP contribution in [0.15, 0.2) is 16.7 Å². The quantitative estimate of drug-likeness (QED) is 0.765. The summed E-state index contributed by atoms with van der Waals surface area (Å²) in [7, 11) is 0. The van der Waals surface area contributed by atoms with Crippen LogP contribution in [0.1, 0.15) is 49.8 Å². The van der Waals surface area contributed by atoms with Gasteiger partial charge in [-0.1, -0.05) is 13.8 Å². The van der Waals surface area contributed by atoms with Crippen molar-refractivity contribution in [3.8, 4) is 0 Å². The van der Waals surface area contributed by atoms with Crippen LogP contribution in [0, 0.1) is 0 Å². The van der Waals surface area contributed by atoms with Crippen LogP contribution >= 0.6 is 15.9 Å². The second-order valence-corrected chi connectivity index (χ2v) is 4.91. The summed E-state index contributed by atoms with van der Waals surface area (Å²) < 4.78 is 1.18. The molecule has 0 bridgehead atoms. The van der Waals surface area contributed by atoms with Crippen LogP contribution < -0.4 is 0 Å². The maximum absolute atomic E-state index is 4.40. The molecule has 2 rings (SSSR count). The molecular weight excluding hydrogens is 226 g/mol. The Morgan fingerprint density at radius 2 is 2.15 bits per heavy atom. The first-order chi connectivity index (χ1) is 6.18. The number of nitrogens with zero attached hydrogens (tertiary/aromatic N) is 1. The Labute approximate surface area is 87.7 Å². The number of rotatable bonds is 2. The molecule has 0 unspecified atom stereocenters. The number of hydrogen-bond donors (Lipinski definition) is 0. The van der Waals surface area contributed by atoms with Gasteiger partial charge in [-0.15, -0.1) is 0 Å². The Hall–Kier alpha value is -0.370. The van der Waals surface area contributed by atoms with E-state index in [-0.39, 0.29) is 0 Å². The monoisotopic (exact) mass is 239 g/mol. The van der Waals surface area contributed by atoms with E-state index in [0.717, 1.165) is 5.92 Å². The van der Waals surface area contributed by atoms with Gasteiger partial charge < -0.3 is 0 Å². The molecule has 1 aromatic rings. The molecular formula is C11H14BrN. The Kier molecular flexibility index (Phi) is 2.41. The Bertz CT molecular complexity index is 316. The van der Waals surface area contributed by atoms with Gasteiger partial charge in [0.15, 0.2) is 0 Å². The zero-order valence-electron chi connectivity index (χ0n) is 8.05. The van der Waals surface area contributed by atoms with Gasteiger partial charge in [-0.25, -0.2) is 0 Å². The molecule has 1 aromatic heterocycles. The molecule has 1 nitrogen and oxygen atoms in total. The lowest BCUT2D eigenvalue weighted by molar-refractivity contribution is 0.815. The lowest BCUT2D eigenvalue weighted by Crippen LogP contribution is -1.94. The molecule has 0 aliphatic heterocycles. The minimum absolute atomic E-state index is 0.533. The summed E-state index contributed by atoms with van der Waals surface area (Å²) in [6, 6.07) is 2.26. The highest BCUT2D eigenvalue weighted by Gasteiger charge is 2.26. The van der Waals surface area contributed by atoms with Crippen LogP contribution in [0.3, 0.4) is 0 Å². The fourth-order valence-electron chi connectivity index (χ4n) is 1.49. The van der Waals surface area contributed by atoms with E-state index in [1.807, 2.05) is 6.20 Å². The van der Waals surface area contributed by atoms with Crippen molar-refractivity contribution in [2.75, 3.05) is 0 Å². The second-order valence-electron chi connectivity index (χ2n) is 4.06. The molecule has 0 spiro atoms. The molecule has 0 atom stereocenters. The number of aromatic nitrogens is 1. The molecule has 70 valence electrons. The van der Waals surface area contributed by atoms with E-state index < -0.39 is 0 Å². The van der Waals surface area contributed by atoms with Gasteiger partial charge in [0, 0.05) is 16.4 Å². The van der Waals surface area contributed by atoms with E-state index in [0.29, 0.717) is 5.92 Å². The van der Waals surface area contributed by atoms with E-state index >= 15 is 0 Å². The van der Waals surface area contributed by atoms with Crippen LogP contribution in [0.5, 0.6) is 0 Å². The summed E-state index contributed by atoms with van der Waals surface area (Å²) in [5.41, 5.74) is 2.67. The molecule has 1 aliphatic carbocycles. The standard InChI is InChI=1S/C11H14BrN/c1-7(2)11-5-9(8-3-4-8)10(12)6-13-11/h5-8H,3-4H2,1-2H3. The van der Waals surface area contributed by atoms with Gasteiger partial charge in [0.05, 0.1) is 0 Å². The zero-order chi connectivity index (χ0) is 9.42. The fourth-order valence-corrected chi connectivity index (χ4v) is 2.03. The lowest BCUT2D eigenvalue weighted by Gasteiger charge is -2.08. The van der Waals surface area contributed by atoms with Crippen molar-refractivity contribution >= 4 is 15.9 Å². The summed E-state index contributed by atoms with van der Waals surface area (Å²) in [4.78, 5) is 4.40. The fraction of sp³-hybridized carbons (Fsp3) is 0.545. The van der Waals surface area contributed by atoms with Gasteiger partial charge >= 0.3 is 0 Å². The topological polar surface area (TPSA) is 12.9 Å². The van der Waals surface area contributed by atoms with E-state index in [4.69, 9.17) is 0 Å². The third kappa shape index (κ3) is 1.93. The molecule has 0 radical (unpaired) electrons. The Morgan fingerprint density at radius 3 is 2.69 bits per heavy atom. The van der Waals surface area contributed by atoms with Crippen molar-refractivity contribution in [2.45, 2.75) is 38.5 Å². The summed E-state index contributed by atoms with van der Waals surface area (Å²) in [6.07, 6.45) is 4.64. The first-order valence-corrected chi connectivity index (χ1v) is 5.63. The highest BCUT2D eigenvalue weighted by atomic mass is 79.9. The highest BCUT2D eigenvalue weighted by molar-refractivity contribution is 9.10. The highest BCUT2D eigenvalue weighted by Crippen LogP contribution is 2.43. The van der Waals surface area contributed by atoms with Gasteiger partial charge in [0.1, 0.15) is 0 Å². The van der Waals surface area contributed by atoms with E-state index in [1.54, 1.807) is 0 Å². The maximum atomic E-state index is 4.40. The third-order valence-corrected chi connectivity index (χ3v) is 3.18. The molecule has 1 aliphatic rings. The first kappa shape index (κ1) is 9.20. The van der Waals surface area contributed by atoms with Crippen LogP contribution in [0.4, 0.5) is 0 Å². The molecule has 13 heavy (non-hydrogen) atoms. The van der Waals surface area contributed by atoms with Crippen LogP contribution in [-0.4, -0.2) is 4.98 Å². The van der Waals surface area contributed by atoms with Crippen LogP contribution in [0.25, 0.3) is 0 Å². The van der Waals surface area contributed by atoms with Gasteiger partial charge in [-0.3, -0.25) is 4.98 Å². The molecule has 0 amide bonds. The summed E-state index contributed by atoms with van der Waals surface area (Å²) >= 11 is 3.56. The van der Waals surface area contributed by atoms with Crippen molar-refractivity contribution in [3.63, 3.8) is 0 Å². The maximum Gasteiger partial charge on any atom is 0.0432 e. The number of pyridine rings is 1. The predicted octanol–water partition coefficient (Wildman–Crippen LogP) is 3.84. The minimum atomic E-state index is 0.533. The largest absolute Gasteiger partial charge is 0.260 e. The van der Waals surface area contributed by atoms with Crippen molar-refractivity contribution < 1.29 is 0 Å². The molecule has 1 fully saturated rings. The van der Waals surface area contributed by atoms with Crippen molar-refractivity contribution in [3.05, 3.63) is 28.0 Å². The summed E-state index contributed by atoms with van der Waals surface area (Å²) in [6.45, 7) is 4.37. The van der Waals surface area contributed by atoms with Gasteiger partial charge in [0.2, 0.25) is 0 Å². The zero-order valence-corrected chi connectivity index (χ0v) is 9.63. The van der Waals surface area contributed by atoms with Crippen molar-refractivity contribution in [2.24, 2.45) is 0 Å². The molecule has 1 saturated carbocycles. The molecule has 0 saturated heterocycles. The summed E-state index contributed by atoms with van der Waals surface area (Å²) in [5.74, 6) is 1.33. The average Bonchev–Trinajstić information content (AvgIpc) is 2.87.